The Balaban J connectivity index is 1.50. The second-order valence-corrected chi connectivity index (χ2v) is 19.9. The average Bonchev–Trinajstić information content (AvgIpc) is 3.80. The first-order valence-corrected chi connectivity index (χ1v) is 24.7. The summed E-state index contributed by atoms with van der Waals surface area (Å²) in [6.45, 7) is 16.1. The van der Waals surface area contributed by atoms with Gasteiger partial charge in [-0.2, -0.15) is 0 Å². The molecule has 2 unspecified atom stereocenters. The van der Waals surface area contributed by atoms with Gasteiger partial charge in [0.1, 0.15) is 37.4 Å². The largest absolute Gasteiger partial charge is 0.367 e. The van der Waals surface area contributed by atoms with Crippen molar-refractivity contribution in [3.8, 4) is 23.7 Å². The number of nitrogens with one attached hydrogen (secondary N) is 7. The number of rotatable bonds is 23. The monoisotopic (exact) mass is 925 g/mol. The van der Waals surface area contributed by atoms with E-state index in [1.54, 1.807) is 32.8 Å². The van der Waals surface area contributed by atoms with Crippen LogP contribution in [0.25, 0.3) is 0 Å². The third-order valence-corrected chi connectivity index (χ3v) is 13.5. The number of hydrogen-bond acceptors (Lipinski definition) is 10. The molecule has 0 spiro atoms. The summed E-state index contributed by atoms with van der Waals surface area (Å²) in [6.07, 6.45) is 11.9. The highest BCUT2D eigenvalue weighted by molar-refractivity contribution is 5.94. The van der Waals surface area contributed by atoms with E-state index in [0.717, 1.165) is 64.2 Å². The number of hydrogen-bond donors (Lipinski definition) is 7. The molecule has 8 atom stereocenters. The normalized spacial score (nSPS) is 20.2. The van der Waals surface area contributed by atoms with Crippen LogP contribution in [-0.4, -0.2) is 136 Å². The van der Waals surface area contributed by atoms with Crippen molar-refractivity contribution < 1.29 is 38.2 Å². The molecule has 16 heteroatoms. The Labute approximate surface area is 395 Å². The molecule has 372 valence electrons. The quantitative estimate of drug-likeness (QED) is 0.0589. The molecule has 0 radical (unpaired) electrons. The van der Waals surface area contributed by atoms with Gasteiger partial charge in [-0.1, -0.05) is 91.9 Å². The lowest BCUT2D eigenvalue weighted by molar-refractivity contribution is -0.144. The van der Waals surface area contributed by atoms with Gasteiger partial charge in [0, 0.05) is 6.54 Å². The van der Waals surface area contributed by atoms with Gasteiger partial charge in [0.25, 0.3) is 0 Å². The molecule has 6 amide bonds. The standard InChI is InChI=1S/C50H84N8O8/c1-11-38(52-10)46(61)56-42(37-25-18-15-19-26-37)48(63)53-35(5)45(60)54-39(33(2)3)31-65-29-20-12-13-21-30-66-32-40(36-23-16-14-17-24-36)55-47(62)41-27-22-28-58(41)49(64)43(50(6,7)8)57-44(59)34(4)51-9/h33-43,51-52H,11,14-19,22-32H2,1-10H3,(H,53,63)(H,54,60)(H,55,62)(H,56,61)(H,57,59)/t34-,35+,38+,39+,40?,41?,42+,43+/m0/s1. The number of likely N-dealkylation sites (N-methyl/N-ethyl adjacent to an activating group) is 2. The number of carbonyl (C=O) groups is 6. The molecule has 66 heavy (non-hydrogen) atoms. The average molecular weight is 925 g/mol. The van der Waals surface area contributed by atoms with Gasteiger partial charge in [-0.3, -0.25) is 28.8 Å². The van der Waals surface area contributed by atoms with Gasteiger partial charge < -0.3 is 51.6 Å². The molecule has 0 aromatic heterocycles. The van der Waals surface area contributed by atoms with Crippen molar-refractivity contribution in [1.82, 2.24) is 42.1 Å². The number of amides is 6. The van der Waals surface area contributed by atoms with Crippen LogP contribution in [0.2, 0.25) is 0 Å². The van der Waals surface area contributed by atoms with Crippen LogP contribution in [0.15, 0.2) is 0 Å². The molecule has 2 aliphatic carbocycles. The molecule has 0 aromatic rings. The van der Waals surface area contributed by atoms with Crippen LogP contribution in [0, 0.1) is 46.9 Å². The number of likely N-dealkylation sites (tertiary alicyclic amines) is 1. The maximum atomic E-state index is 14.0. The maximum Gasteiger partial charge on any atom is 0.246 e. The highest BCUT2D eigenvalue weighted by Crippen LogP contribution is 2.30. The second-order valence-electron chi connectivity index (χ2n) is 19.9. The van der Waals surface area contributed by atoms with Crippen molar-refractivity contribution in [2.75, 3.05) is 47.1 Å². The molecular formula is C50H84N8O8. The predicted molar refractivity (Wildman–Crippen MR) is 256 cm³/mol. The van der Waals surface area contributed by atoms with Gasteiger partial charge in [-0.25, -0.2) is 0 Å². The van der Waals surface area contributed by atoms with E-state index in [1.165, 1.54) is 0 Å². The third kappa shape index (κ3) is 18.1. The zero-order valence-corrected chi connectivity index (χ0v) is 41.8. The van der Waals surface area contributed by atoms with Gasteiger partial charge in [0.2, 0.25) is 35.4 Å². The molecule has 7 N–H and O–H groups in total. The summed E-state index contributed by atoms with van der Waals surface area (Å²) in [5.41, 5.74) is -0.564. The van der Waals surface area contributed by atoms with Gasteiger partial charge >= 0.3 is 0 Å². The Kier molecular flexibility index (Phi) is 24.5. The van der Waals surface area contributed by atoms with E-state index in [0.29, 0.717) is 25.8 Å². The zero-order valence-electron chi connectivity index (χ0n) is 41.8. The van der Waals surface area contributed by atoms with E-state index in [-0.39, 0.29) is 91.7 Å². The maximum absolute atomic E-state index is 14.0. The Morgan fingerprint density at radius 1 is 0.636 bits per heavy atom. The van der Waals surface area contributed by atoms with E-state index >= 15 is 0 Å². The Bertz CT molecular complexity index is 1700. The summed E-state index contributed by atoms with van der Waals surface area (Å²) in [6, 6.07) is -4.39. The van der Waals surface area contributed by atoms with Crippen LogP contribution >= 0.6 is 0 Å². The van der Waals surface area contributed by atoms with Crippen molar-refractivity contribution >= 4 is 35.4 Å². The van der Waals surface area contributed by atoms with Gasteiger partial charge in [-0.05, 0) is 108 Å². The van der Waals surface area contributed by atoms with Crippen molar-refractivity contribution in [1.29, 1.82) is 0 Å². The molecule has 1 saturated heterocycles. The highest BCUT2D eigenvalue weighted by atomic mass is 16.5. The molecule has 3 aliphatic rings. The predicted octanol–water partition coefficient (Wildman–Crippen LogP) is 2.93. The molecule has 3 fully saturated rings. The minimum atomic E-state index is -0.825. The summed E-state index contributed by atoms with van der Waals surface area (Å²) in [5, 5.41) is 20.9. The van der Waals surface area contributed by atoms with Gasteiger partial charge in [-0.15, -0.1) is 0 Å². The molecule has 0 aromatic carbocycles. The zero-order chi connectivity index (χ0) is 48.8. The Morgan fingerprint density at radius 3 is 1.76 bits per heavy atom. The first-order valence-electron chi connectivity index (χ1n) is 24.7. The van der Waals surface area contributed by atoms with Crippen LogP contribution < -0.4 is 37.2 Å². The second kappa shape index (κ2) is 28.8. The molecule has 2 saturated carbocycles. The lowest BCUT2D eigenvalue weighted by Crippen LogP contribution is -2.60. The van der Waals surface area contributed by atoms with E-state index in [4.69, 9.17) is 9.47 Å². The molecule has 0 bridgehead atoms. The van der Waals surface area contributed by atoms with Crippen LogP contribution in [0.3, 0.4) is 0 Å². The summed E-state index contributed by atoms with van der Waals surface area (Å²) in [4.78, 5) is 82.1. The van der Waals surface area contributed by atoms with Crippen molar-refractivity contribution in [3.63, 3.8) is 0 Å². The minimum Gasteiger partial charge on any atom is -0.367 e. The van der Waals surface area contributed by atoms with Crippen molar-refractivity contribution in [2.24, 2.45) is 23.2 Å². The van der Waals surface area contributed by atoms with Crippen molar-refractivity contribution in [3.05, 3.63) is 0 Å². The Hall–Kier alpha value is -4.22. The van der Waals surface area contributed by atoms with Crippen LogP contribution in [-0.2, 0) is 38.2 Å². The molecule has 3 rings (SSSR count). The lowest BCUT2D eigenvalue weighted by Gasteiger charge is -2.37. The van der Waals surface area contributed by atoms with E-state index in [9.17, 15) is 28.8 Å². The van der Waals surface area contributed by atoms with E-state index in [2.05, 4.69) is 60.9 Å². The lowest BCUT2D eigenvalue weighted by atomic mass is 9.83. The minimum absolute atomic E-state index is 0.0127. The fourth-order valence-corrected chi connectivity index (χ4v) is 8.98. The van der Waals surface area contributed by atoms with Crippen LogP contribution in [0.1, 0.15) is 139 Å². The SMILES string of the molecule is CC[C@@H](NC)C(=O)N[C@@H](C(=O)N[C@H](C)C(=O)N[C@H](COCC#CC#CCOCC(NC(=O)C1CCCN1C(=O)[C@@H](NC(=O)[C@H](C)NC)C(C)(C)C)C1CCCCC1)C(C)C)C1CCCCC1. The number of ether oxygens (including phenoxy) is 2. The highest BCUT2D eigenvalue weighted by Gasteiger charge is 2.43. The molecular weight excluding hydrogens is 841 g/mol. The number of carbonyl (C=O) groups excluding carboxylic acids is 6. The van der Waals surface area contributed by atoms with Crippen molar-refractivity contribution in [2.45, 2.75) is 187 Å². The fourth-order valence-electron chi connectivity index (χ4n) is 8.98. The smallest absolute Gasteiger partial charge is 0.246 e. The summed E-state index contributed by atoms with van der Waals surface area (Å²) in [5.74, 6) is 10.1. The fraction of sp³-hybridized carbons (Fsp3) is 0.800. The molecule has 1 aliphatic heterocycles. The van der Waals surface area contributed by atoms with Crippen LogP contribution in [0.4, 0.5) is 0 Å². The summed E-state index contributed by atoms with van der Waals surface area (Å²) < 4.78 is 11.8. The number of nitrogens with zero attached hydrogens (tertiary/aromatic N) is 1. The Morgan fingerprint density at radius 2 is 1.21 bits per heavy atom. The summed E-state index contributed by atoms with van der Waals surface area (Å²) >= 11 is 0. The first kappa shape index (κ1) is 56.1. The first-order chi connectivity index (χ1) is 31.4. The van der Waals surface area contributed by atoms with Crippen LogP contribution in [0.5, 0.6) is 0 Å². The molecule has 16 nitrogen and oxygen atoms in total. The van der Waals surface area contributed by atoms with Gasteiger partial charge in [0.05, 0.1) is 37.4 Å². The van der Waals surface area contributed by atoms with Gasteiger partial charge in [0.15, 0.2) is 0 Å². The summed E-state index contributed by atoms with van der Waals surface area (Å²) in [7, 11) is 3.42. The topological polar surface area (TPSA) is 208 Å². The molecule has 1 heterocycles. The third-order valence-electron chi connectivity index (χ3n) is 13.5. The van der Waals surface area contributed by atoms with E-state index in [1.807, 2.05) is 41.5 Å². The van der Waals surface area contributed by atoms with E-state index < -0.39 is 41.7 Å².